The Kier molecular flexibility index (Phi) is 4.60. The van der Waals surface area contributed by atoms with Gasteiger partial charge in [-0.3, -0.25) is 0 Å². The fourth-order valence-corrected chi connectivity index (χ4v) is 2.39. The largest absolute Gasteiger partial charge is 0.497 e. The molecule has 0 aliphatic rings. The van der Waals surface area contributed by atoms with Gasteiger partial charge < -0.3 is 14.8 Å². The first-order valence-corrected chi connectivity index (χ1v) is 7.51. The quantitative estimate of drug-likeness (QED) is 0.751. The number of hydrogen-bond donors (Lipinski definition) is 1. The highest BCUT2D eigenvalue weighted by atomic mass is 16.5. The van der Waals surface area contributed by atoms with E-state index in [9.17, 15) is 0 Å². The summed E-state index contributed by atoms with van der Waals surface area (Å²) in [6.45, 7) is 2.51. The van der Waals surface area contributed by atoms with Crippen molar-refractivity contribution in [3.05, 3.63) is 53.9 Å². The van der Waals surface area contributed by atoms with Crippen LogP contribution in [0.25, 0.3) is 5.69 Å². The predicted molar refractivity (Wildman–Crippen MR) is 90.8 cm³/mol. The van der Waals surface area contributed by atoms with Crippen LogP contribution in [0.5, 0.6) is 11.5 Å². The zero-order valence-corrected chi connectivity index (χ0v) is 13.9. The smallest absolute Gasteiger partial charge is 0.153 e. The van der Waals surface area contributed by atoms with Gasteiger partial charge in [0.1, 0.15) is 11.5 Å². The summed E-state index contributed by atoms with van der Waals surface area (Å²) in [5, 5.41) is 15.0. The molecule has 0 saturated heterocycles. The molecule has 3 aromatic rings. The minimum atomic E-state index is 0.644. The van der Waals surface area contributed by atoms with Gasteiger partial charge in [-0.15, -0.1) is 5.10 Å². The number of ether oxygens (including phenoxy) is 2. The molecule has 0 bridgehead atoms. The van der Waals surface area contributed by atoms with Gasteiger partial charge in [-0.2, -0.15) is 4.68 Å². The second kappa shape index (κ2) is 6.99. The van der Waals surface area contributed by atoms with E-state index >= 15 is 0 Å². The zero-order chi connectivity index (χ0) is 16.9. The van der Waals surface area contributed by atoms with Crippen molar-refractivity contribution in [3.63, 3.8) is 0 Å². The summed E-state index contributed by atoms with van der Waals surface area (Å²) in [6.07, 6.45) is 0. The standard InChI is InChI=1S/C17H19N5O2/c1-12-19-20-21-22(12)15-6-4-5-14(9-15)18-11-13-7-16(23-2)10-17(8-13)24-3/h4-10,18H,11H2,1-3H3. The van der Waals surface area contributed by atoms with Gasteiger partial charge in [0.2, 0.25) is 0 Å². The number of aryl methyl sites for hydroxylation is 1. The van der Waals surface area contributed by atoms with Crippen LogP contribution in [0, 0.1) is 6.92 Å². The molecule has 24 heavy (non-hydrogen) atoms. The average Bonchev–Trinajstić information content (AvgIpc) is 3.06. The number of hydrogen-bond acceptors (Lipinski definition) is 6. The van der Waals surface area contributed by atoms with Crippen molar-refractivity contribution in [1.29, 1.82) is 0 Å². The monoisotopic (exact) mass is 325 g/mol. The lowest BCUT2D eigenvalue weighted by Gasteiger charge is -2.11. The predicted octanol–water partition coefficient (Wildman–Crippen LogP) is 2.60. The van der Waals surface area contributed by atoms with Gasteiger partial charge in [0.25, 0.3) is 0 Å². The zero-order valence-electron chi connectivity index (χ0n) is 13.9. The lowest BCUT2D eigenvalue weighted by molar-refractivity contribution is 0.393. The van der Waals surface area contributed by atoms with Crippen LogP contribution in [0.4, 0.5) is 5.69 Å². The van der Waals surface area contributed by atoms with E-state index in [2.05, 4.69) is 20.8 Å². The molecular weight excluding hydrogens is 306 g/mol. The van der Waals surface area contributed by atoms with Crippen LogP contribution < -0.4 is 14.8 Å². The Labute approximate surface area is 140 Å². The number of aromatic nitrogens is 4. The Morgan fingerprint density at radius 3 is 2.42 bits per heavy atom. The highest BCUT2D eigenvalue weighted by molar-refractivity contribution is 5.51. The number of nitrogens with one attached hydrogen (secondary N) is 1. The number of benzene rings is 2. The first kappa shape index (κ1) is 15.8. The van der Waals surface area contributed by atoms with Crippen LogP contribution >= 0.6 is 0 Å². The van der Waals surface area contributed by atoms with Crippen molar-refractivity contribution in [2.45, 2.75) is 13.5 Å². The average molecular weight is 325 g/mol. The van der Waals surface area contributed by atoms with Crippen molar-refractivity contribution in [3.8, 4) is 17.2 Å². The number of tetrazole rings is 1. The van der Waals surface area contributed by atoms with Gasteiger partial charge in [0, 0.05) is 18.3 Å². The molecule has 0 atom stereocenters. The molecule has 0 fully saturated rings. The van der Waals surface area contributed by atoms with Gasteiger partial charge >= 0.3 is 0 Å². The van der Waals surface area contributed by atoms with E-state index in [1.807, 2.05) is 49.4 Å². The van der Waals surface area contributed by atoms with Gasteiger partial charge in [-0.1, -0.05) is 6.07 Å². The fourth-order valence-electron chi connectivity index (χ4n) is 2.39. The van der Waals surface area contributed by atoms with E-state index in [0.717, 1.165) is 34.3 Å². The van der Waals surface area contributed by atoms with Crippen molar-refractivity contribution in [1.82, 2.24) is 20.2 Å². The molecule has 1 N–H and O–H groups in total. The summed E-state index contributed by atoms with van der Waals surface area (Å²) in [7, 11) is 3.29. The maximum absolute atomic E-state index is 5.30. The van der Waals surface area contributed by atoms with Crippen LogP contribution in [0.2, 0.25) is 0 Å². The molecule has 0 unspecified atom stereocenters. The van der Waals surface area contributed by atoms with Gasteiger partial charge in [0.05, 0.1) is 19.9 Å². The summed E-state index contributed by atoms with van der Waals surface area (Å²) < 4.78 is 12.3. The number of methoxy groups -OCH3 is 2. The van der Waals surface area contributed by atoms with Crippen molar-refractivity contribution < 1.29 is 9.47 Å². The molecule has 1 aromatic heterocycles. The molecule has 0 aliphatic carbocycles. The van der Waals surface area contributed by atoms with Crippen LogP contribution in [0.15, 0.2) is 42.5 Å². The Hall–Kier alpha value is -3.09. The summed E-state index contributed by atoms with van der Waals surface area (Å²) >= 11 is 0. The topological polar surface area (TPSA) is 74.1 Å². The highest BCUT2D eigenvalue weighted by Crippen LogP contribution is 2.23. The second-order valence-corrected chi connectivity index (χ2v) is 5.26. The number of nitrogens with zero attached hydrogens (tertiary/aromatic N) is 4. The second-order valence-electron chi connectivity index (χ2n) is 5.26. The van der Waals surface area contributed by atoms with Crippen molar-refractivity contribution in [2.24, 2.45) is 0 Å². The molecule has 0 radical (unpaired) electrons. The van der Waals surface area contributed by atoms with Crippen LogP contribution in [-0.4, -0.2) is 34.4 Å². The van der Waals surface area contributed by atoms with Crippen LogP contribution in [0.3, 0.4) is 0 Å². The van der Waals surface area contributed by atoms with E-state index in [1.165, 1.54) is 0 Å². The molecule has 7 nitrogen and oxygen atoms in total. The normalized spacial score (nSPS) is 10.5. The molecule has 7 heteroatoms. The maximum Gasteiger partial charge on any atom is 0.153 e. The highest BCUT2D eigenvalue weighted by Gasteiger charge is 2.05. The third-order valence-electron chi connectivity index (χ3n) is 3.62. The minimum absolute atomic E-state index is 0.644. The summed E-state index contributed by atoms with van der Waals surface area (Å²) in [4.78, 5) is 0. The van der Waals surface area contributed by atoms with Gasteiger partial charge in [-0.05, 0) is 53.2 Å². The van der Waals surface area contributed by atoms with E-state index in [4.69, 9.17) is 9.47 Å². The third kappa shape index (κ3) is 3.45. The third-order valence-corrected chi connectivity index (χ3v) is 3.62. The summed E-state index contributed by atoms with van der Waals surface area (Å²) in [6, 6.07) is 13.7. The molecule has 1 heterocycles. The summed E-state index contributed by atoms with van der Waals surface area (Å²) in [5.74, 6) is 2.28. The van der Waals surface area contributed by atoms with Gasteiger partial charge in [0.15, 0.2) is 5.82 Å². The van der Waals surface area contributed by atoms with Crippen molar-refractivity contribution in [2.75, 3.05) is 19.5 Å². The van der Waals surface area contributed by atoms with Gasteiger partial charge in [-0.25, -0.2) is 0 Å². The lowest BCUT2D eigenvalue weighted by atomic mass is 10.2. The summed E-state index contributed by atoms with van der Waals surface area (Å²) in [5.41, 5.74) is 2.95. The SMILES string of the molecule is COc1cc(CNc2cccc(-n3nnnc3C)c2)cc(OC)c1. The van der Waals surface area contributed by atoms with E-state index in [-0.39, 0.29) is 0 Å². The molecule has 3 rings (SSSR count). The van der Waals surface area contributed by atoms with Crippen molar-refractivity contribution >= 4 is 5.69 Å². The molecular formula is C17H19N5O2. The first-order chi connectivity index (χ1) is 11.7. The number of anilines is 1. The van der Waals surface area contributed by atoms with E-state index < -0.39 is 0 Å². The molecule has 124 valence electrons. The fraction of sp³-hybridized carbons (Fsp3) is 0.235. The molecule has 0 spiro atoms. The molecule has 0 amide bonds. The van der Waals surface area contributed by atoms with E-state index in [0.29, 0.717) is 6.54 Å². The minimum Gasteiger partial charge on any atom is -0.497 e. The Balaban J connectivity index is 1.77. The molecule has 0 saturated carbocycles. The van der Waals surface area contributed by atoms with Crippen LogP contribution in [0.1, 0.15) is 11.4 Å². The Bertz CT molecular complexity index is 809. The first-order valence-electron chi connectivity index (χ1n) is 7.51. The van der Waals surface area contributed by atoms with E-state index in [1.54, 1.807) is 18.9 Å². The molecule has 2 aromatic carbocycles. The molecule has 0 aliphatic heterocycles. The lowest BCUT2D eigenvalue weighted by Crippen LogP contribution is -2.03. The van der Waals surface area contributed by atoms with Crippen LogP contribution in [-0.2, 0) is 6.54 Å². The Morgan fingerprint density at radius 1 is 1.04 bits per heavy atom. The number of rotatable bonds is 6. The maximum atomic E-state index is 5.30. The Morgan fingerprint density at radius 2 is 1.79 bits per heavy atom.